The predicted molar refractivity (Wildman–Crippen MR) is 114 cm³/mol. The number of aryl methyl sites for hydroxylation is 1. The Morgan fingerprint density at radius 2 is 1.55 bits per heavy atom. The van der Waals surface area contributed by atoms with Crippen molar-refractivity contribution < 1.29 is 13.2 Å². The van der Waals surface area contributed by atoms with Gasteiger partial charge in [0.1, 0.15) is 0 Å². The summed E-state index contributed by atoms with van der Waals surface area (Å²) in [7, 11) is -3.38. The lowest BCUT2D eigenvalue weighted by Crippen LogP contribution is -2.49. The van der Waals surface area contributed by atoms with E-state index in [-0.39, 0.29) is 5.91 Å². The van der Waals surface area contributed by atoms with Gasteiger partial charge in [-0.25, -0.2) is 8.42 Å². The quantitative estimate of drug-likeness (QED) is 0.727. The van der Waals surface area contributed by atoms with Gasteiger partial charge in [0.15, 0.2) is 0 Å². The minimum Gasteiger partial charge on any atom is -0.339 e. The minimum absolute atomic E-state index is 0.270. The van der Waals surface area contributed by atoms with Gasteiger partial charge in [-0.2, -0.15) is 4.31 Å². The Morgan fingerprint density at radius 3 is 2.31 bits per heavy atom. The molecule has 2 saturated heterocycles. The highest BCUT2D eigenvalue weighted by molar-refractivity contribution is 7.89. The predicted octanol–water partition coefficient (Wildman–Crippen LogP) is 3.98. The first-order valence-corrected chi connectivity index (χ1v) is 12.9. The molecule has 2 atom stereocenters. The van der Waals surface area contributed by atoms with E-state index in [4.69, 9.17) is 0 Å². The number of likely N-dealkylation sites (tertiary alicyclic amines) is 1. The van der Waals surface area contributed by atoms with Gasteiger partial charge in [-0.15, -0.1) is 0 Å². The molecule has 160 valence electrons. The van der Waals surface area contributed by atoms with Crippen molar-refractivity contribution in [1.82, 2.24) is 9.21 Å². The Kier molecular flexibility index (Phi) is 6.60. The lowest BCUT2D eigenvalue weighted by Gasteiger charge is -2.44. The van der Waals surface area contributed by atoms with Crippen LogP contribution in [0.3, 0.4) is 0 Å². The van der Waals surface area contributed by atoms with Crippen molar-refractivity contribution in [3.05, 3.63) is 29.8 Å². The SMILES string of the molecule is O=C(CCc1ccc(S(=O)(=O)N2CCCCC2)cc1)N1CCCC2CCCCC21. The maximum atomic E-state index is 12.9. The molecule has 1 aromatic carbocycles. The molecule has 0 aromatic heterocycles. The van der Waals surface area contributed by atoms with Gasteiger partial charge in [-0.3, -0.25) is 4.79 Å². The molecule has 3 aliphatic rings. The summed E-state index contributed by atoms with van der Waals surface area (Å²) in [5, 5.41) is 0. The Bertz CT molecular complexity index is 798. The maximum absolute atomic E-state index is 12.9. The number of nitrogens with zero attached hydrogens (tertiary/aromatic N) is 2. The zero-order valence-electron chi connectivity index (χ0n) is 17.4. The third-order valence-corrected chi connectivity index (χ3v) is 8.98. The molecular weight excluding hydrogens is 384 g/mol. The fraction of sp³-hybridized carbons (Fsp3) is 0.696. The average molecular weight is 419 g/mol. The van der Waals surface area contributed by atoms with E-state index in [9.17, 15) is 13.2 Å². The first-order valence-electron chi connectivity index (χ1n) is 11.4. The highest BCUT2D eigenvalue weighted by Crippen LogP contribution is 2.35. The van der Waals surface area contributed by atoms with E-state index >= 15 is 0 Å². The number of piperidine rings is 2. The zero-order chi connectivity index (χ0) is 20.3. The van der Waals surface area contributed by atoms with Crippen LogP contribution in [0.5, 0.6) is 0 Å². The molecule has 2 aliphatic heterocycles. The largest absolute Gasteiger partial charge is 0.339 e. The van der Waals surface area contributed by atoms with E-state index < -0.39 is 10.0 Å². The third-order valence-electron chi connectivity index (χ3n) is 7.07. The van der Waals surface area contributed by atoms with E-state index in [1.165, 1.54) is 32.1 Å². The van der Waals surface area contributed by atoms with Crippen LogP contribution >= 0.6 is 0 Å². The molecule has 0 spiro atoms. The summed E-state index contributed by atoms with van der Waals surface area (Å²) in [5.74, 6) is 0.979. The molecule has 0 radical (unpaired) electrons. The van der Waals surface area contributed by atoms with Gasteiger partial charge in [0.05, 0.1) is 4.90 Å². The fourth-order valence-corrected chi connectivity index (χ4v) is 6.93. The summed E-state index contributed by atoms with van der Waals surface area (Å²) >= 11 is 0. The van der Waals surface area contributed by atoms with Crippen molar-refractivity contribution in [2.24, 2.45) is 5.92 Å². The molecule has 1 amide bonds. The van der Waals surface area contributed by atoms with Crippen LogP contribution in [0.15, 0.2) is 29.2 Å². The van der Waals surface area contributed by atoms with Gasteiger partial charge in [0.25, 0.3) is 0 Å². The lowest BCUT2D eigenvalue weighted by molar-refractivity contribution is -0.137. The van der Waals surface area contributed by atoms with Gasteiger partial charge >= 0.3 is 0 Å². The monoisotopic (exact) mass is 418 g/mol. The summed E-state index contributed by atoms with van der Waals surface area (Å²) in [4.78, 5) is 15.4. The fourth-order valence-electron chi connectivity index (χ4n) is 5.41. The Hall–Kier alpha value is -1.40. The Labute approximate surface area is 175 Å². The second-order valence-corrected chi connectivity index (χ2v) is 10.9. The summed E-state index contributed by atoms with van der Waals surface area (Å²) in [6.07, 6.45) is 11.6. The van der Waals surface area contributed by atoms with Crippen molar-refractivity contribution in [3.8, 4) is 0 Å². The molecule has 2 unspecified atom stereocenters. The molecule has 6 heteroatoms. The Morgan fingerprint density at radius 1 is 0.862 bits per heavy atom. The number of hydrogen-bond donors (Lipinski definition) is 0. The topological polar surface area (TPSA) is 57.7 Å². The van der Waals surface area contributed by atoms with Crippen LogP contribution in [-0.4, -0.2) is 49.2 Å². The maximum Gasteiger partial charge on any atom is 0.243 e. The van der Waals surface area contributed by atoms with Crippen LogP contribution < -0.4 is 0 Å². The van der Waals surface area contributed by atoms with Gasteiger partial charge in [-0.1, -0.05) is 31.4 Å². The standard InChI is InChI=1S/C23H34N2O3S/c26-23(25-18-6-8-20-7-2-3-9-22(20)25)15-12-19-10-13-21(14-11-19)29(27,28)24-16-4-1-5-17-24/h10-11,13-14,20,22H,1-9,12,15-18H2. The molecule has 1 saturated carbocycles. The molecule has 3 fully saturated rings. The molecule has 1 aliphatic carbocycles. The van der Waals surface area contributed by atoms with Gasteiger partial charge < -0.3 is 4.90 Å². The van der Waals surface area contributed by atoms with E-state index in [1.807, 2.05) is 12.1 Å². The highest BCUT2D eigenvalue weighted by atomic mass is 32.2. The smallest absolute Gasteiger partial charge is 0.243 e. The second-order valence-electron chi connectivity index (χ2n) is 8.95. The first kappa shape index (κ1) is 20.9. The molecule has 29 heavy (non-hydrogen) atoms. The molecule has 5 nitrogen and oxygen atoms in total. The molecule has 4 rings (SSSR count). The van der Waals surface area contributed by atoms with Crippen LogP contribution in [0.25, 0.3) is 0 Å². The van der Waals surface area contributed by atoms with Crippen molar-refractivity contribution >= 4 is 15.9 Å². The van der Waals surface area contributed by atoms with Crippen molar-refractivity contribution in [3.63, 3.8) is 0 Å². The summed E-state index contributed by atoms with van der Waals surface area (Å²) in [6, 6.07) is 7.64. The first-order chi connectivity index (χ1) is 14.1. The van der Waals surface area contributed by atoms with Gasteiger partial charge in [0.2, 0.25) is 15.9 Å². The summed E-state index contributed by atoms with van der Waals surface area (Å²) in [6.45, 7) is 2.15. The van der Waals surface area contributed by atoms with E-state index in [1.54, 1.807) is 16.4 Å². The average Bonchev–Trinajstić information content (AvgIpc) is 2.78. The minimum atomic E-state index is -3.38. The van der Waals surface area contributed by atoms with Gasteiger partial charge in [-0.05, 0) is 68.6 Å². The van der Waals surface area contributed by atoms with E-state index in [0.717, 1.165) is 37.8 Å². The van der Waals surface area contributed by atoms with E-state index in [0.29, 0.717) is 42.8 Å². The number of rotatable bonds is 5. The molecule has 0 N–H and O–H groups in total. The summed E-state index contributed by atoms with van der Waals surface area (Å²) in [5.41, 5.74) is 1.04. The van der Waals surface area contributed by atoms with Crippen molar-refractivity contribution in [1.29, 1.82) is 0 Å². The molecule has 0 bridgehead atoms. The third kappa shape index (κ3) is 4.69. The number of carbonyl (C=O) groups is 1. The Balaban J connectivity index is 1.34. The normalized spacial score (nSPS) is 26.1. The number of carbonyl (C=O) groups excluding carboxylic acids is 1. The van der Waals surface area contributed by atoms with Crippen LogP contribution in [0, 0.1) is 5.92 Å². The van der Waals surface area contributed by atoms with Crippen molar-refractivity contribution in [2.45, 2.75) is 81.6 Å². The zero-order valence-corrected chi connectivity index (χ0v) is 18.2. The number of benzene rings is 1. The highest BCUT2D eigenvalue weighted by Gasteiger charge is 2.35. The molecule has 2 heterocycles. The second kappa shape index (κ2) is 9.17. The van der Waals surface area contributed by atoms with Crippen molar-refractivity contribution in [2.75, 3.05) is 19.6 Å². The van der Waals surface area contributed by atoms with Crippen LogP contribution in [0.4, 0.5) is 0 Å². The molecular formula is C23H34N2O3S. The molecule has 1 aromatic rings. The van der Waals surface area contributed by atoms with Crippen LogP contribution in [-0.2, 0) is 21.2 Å². The van der Waals surface area contributed by atoms with E-state index in [2.05, 4.69) is 4.90 Å². The van der Waals surface area contributed by atoms with Crippen LogP contribution in [0.2, 0.25) is 0 Å². The lowest BCUT2D eigenvalue weighted by atomic mass is 9.78. The number of sulfonamides is 1. The van der Waals surface area contributed by atoms with Gasteiger partial charge in [0, 0.05) is 32.1 Å². The number of fused-ring (bicyclic) bond motifs is 1. The number of hydrogen-bond acceptors (Lipinski definition) is 3. The van der Waals surface area contributed by atoms with Crippen LogP contribution in [0.1, 0.15) is 69.8 Å². The summed E-state index contributed by atoms with van der Waals surface area (Å²) < 4.78 is 27.1. The number of amides is 1.